The van der Waals surface area contributed by atoms with Crippen LogP contribution in [0.4, 0.5) is 18.9 Å². The zero-order valence-electron chi connectivity index (χ0n) is 14.9. The summed E-state index contributed by atoms with van der Waals surface area (Å²) in [6.07, 6.45) is -3.12. The maximum atomic E-state index is 13.2. The smallest absolute Gasteiger partial charge is 0.418 e. The average molecular weight is 443 g/mol. The van der Waals surface area contributed by atoms with Crippen LogP contribution in [0.2, 0.25) is 5.02 Å². The van der Waals surface area contributed by atoms with Crippen LogP contribution in [0.1, 0.15) is 18.1 Å². The number of phenols is 1. The quantitative estimate of drug-likeness (QED) is 0.626. The monoisotopic (exact) mass is 442 g/mol. The molecule has 10 heteroatoms. The molecule has 1 heterocycles. The fourth-order valence-electron chi connectivity index (χ4n) is 2.47. The van der Waals surface area contributed by atoms with Crippen molar-refractivity contribution in [1.82, 2.24) is 5.32 Å². The Bertz CT molecular complexity index is 1020. The highest BCUT2D eigenvalue weighted by molar-refractivity contribution is 8.18. The third-order valence-corrected chi connectivity index (χ3v) is 4.86. The summed E-state index contributed by atoms with van der Waals surface area (Å²) in [4.78, 5) is 16.4. The predicted octanol–water partition coefficient (Wildman–Crippen LogP) is 5.35. The molecule has 2 aromatic carbocycles. The first-order valence-corrected chi connectivity index (χ1v) is 9.49. The van der Waals surface area contributed by atoms with Gasteiger partial charge in [0.25, 0.3) is 5.91 Å². The van der Waals surface area contributed by atoms with Crippen molar-refractivity contribution >= 4 is 46.2 Å². The average Bonchev–Trinajstić information content (AvgIpc) is 2.98. The molecule has 2 aromatic rings. The van der Waals surface area contributed by atoms with E-state index in [4.69, 9.17) is 16.3 Å². The first-order chi connectivity index (χ1) is 13.7. The molecule has 0 spiro atoms. The minimum Gasteiger partial charge on any atom is -0.504 e. The Morgan fingerprint density at radius 1 is 1.28 bits per heavy atom. The Labute approximate surface area is 173 Å². The summed E-state index contributed by atoms with van der Waals surface area (Å²) >= 11 is 6.56. The third kappa shape index (κ3) is 5.04. The molecule has 3 rings (SSSR count). The summed E-state index contributed by atoms with van der Waals surface area (Å²) in [5.74, 6) is -0.278. The number of benzene rings is 2. The van der Waals surface area contributed by atoms with Crippen molar-refractivity contribution in [2.24, 2.45) is 4.99 Å². The van der Waals surface area contributed by atoms with Crippen LogP contribution in [-0.4, -0.2) is 22.8 Å². The van der Waals surface area contributed by atoms with E-state index in [1.807, 2.05) is 0 Å². The highest BCUT2D eigenvalue weighted by Crippen LogP contribution is 2.39. The van der Waals surface area contributed by atoms with E-state index in [0.717, 1.165) is 23.9 Å². The number of carbonyl (C=O) groups excluding carboxylic acids is 1. The van der Waals surface area contributed by atoms with Gasteiger partial charge in [-0.15, -0.1) is 0 Å². The summed E-state index contributed by atoms with van der Waals surface area (Å²) in [6, 6.07) is 7.77. The van der Waals surface area contributed by atoms with E-state index in [2.05, 4.69) is 10.3 Å². The molecular formula is C19H14ClF3N2O3S. The van der Waals surface area contributed by atoms with Crippen LogP contribution < -0.4 is 10.1 Å². The van der Waals surface area contributed by atoms with E-state index in [1.165, 1.54) is 18.2 Å². The number of alkyl halides is 3. The maximum Gasteiger partial charge on any atom is 0.418 e. The lowest BCUT2D eigenvalue weighted by atomic mass is 10.2. The molecule has 0 bridgehead atoms. The molecule has 5 nitrogen and oxygen atoms in total. The highest BCUT2D eigenvalue weighted by atomic mass is 35.5. The van der Waals surface area contributed by atoms with Crippen molar-refractivity contribution in [3.05, 3.63) is 57.5 Å². The van der Waals surface area contributed by atoms with Crippen molar-refractivity contribution < 1.29 is 27.8 Å². The number of hydrogen-bond acceptors (Lipinski definition) is 5. The number of phenolic OH excluding ortho intramolecular Hbond substituents is 1. The van der Waals surface area contributed by atoms with Gasteiger partial charge in [0, 0.05) is 5.02 Å². The summed E-state index contributed by atoms with van der Waals surface area (Å²) in [5.41, 5.74) is -0.772. The normalized spacial score (nSPS) is 17.1. The number of aliphatic imine (C=N–C) groups is 1. The van der Waals surface area contributed by atoms with Gasteiger partial charge in [0.15, 0.2) is 16.7 Å². The second-order valence-corrected chi connectivity index (χ2v) is 7.27. The number of thioether (sulfide) groups is 1. The van der Waals surface area contributed by atoms with Crippen LogP contribution >= 0.6 is 23.4 Å². The number of ether oxygens (including phenoxy) is 1. The lowest BCUT2D eigenvalue weighted by Crippen LogP contribution is -2.19. The van der Waals surface area contributed by atoms with E-state index in [0.29, 0.717) is 12.2 Å². The van der Waals surface area contributed by atoms with Crippen molar-refractivity contribution in [2.45, 2.75) is 13.1 Å². The van der Waals surface area contributed by atoms with Crippen molar-refractivity contribution in [3.63, 3.8) is 0 Å². The number of halogens is 4. The predicted molar refractivity (Wildman–Crippen MR) is 107 cm³/mol. The highest BCUT2D eigenvalue weighted by Gasteiger charge is 2.34. The van der Waals surface area contributed by atoms with Crippen LogP contribution in [0.15, 0.2) is 46.3 Å². The molecule has 29 heavy (non-hydrogen) atoms. The molecule has 1 saturated heterocycles. The Kier molecular flexibility index (Phi) is 6.09. The van der Waals surface area contributed by atoms with E-state index >= 15 is 0 Å². The number of amidine groups is 1. The van der Waals surface area contributed by atoms with Gasteiger partial charge in [-0.25, -0.2) is 4.99 Å². The molecule has 0 saturated carbocycles. The van der Waals surface area contributed by atoms with Crippen molar-refractivity contribution in [3.8, 4) is 11.5 Å². The van der Waals surface area contributed by atoms with Crippen LogP contribution in [-0.2, 0) is 11.0 Å². The van der Waals surface area contributed by atoms with Crippen LogP contribution in [0.25, 0.3) is 6.08 Å². The zero-order chi connectivity index (χ0) is 21.2. The van der Waals surface area contributed by atoms with Gasteiger partial charge < -0.3 is 15.2 Å². The number of amides is 1. The van der Waals surface area contributed by atoms with Crippen LogP contribution in [0.5, 0.6) is 11.5 Å². The fraction of sp³-hybridized carbons (Fsp3) is 0.158. The minimum atomic E-state index is -4.64. The summed E-state index contributed by atoms with van der Waals surface area (Å²) in [6.45, 7) is 2.11. The number of aromatic hydroxyl groups is 1. The largest absolute Gasteiger partial charge is 0.504 e. The van der Waals surface area contributed by atoms with Gasteiger partial charge in [-0.2, -0.15) is 13.2 Å². The standard InChI is InChI=1S/C19H14ClF3N2O3S/c1-2-28-15-7-10(3-6-14(15)26)8-16-17(27)25-18(29-16)24-13-5-4-11(20)9-12(13)19(21,22)23/h3-9,26H,2H2,1H3,(H,24,25,27). The van der Waals surface area contributed by atoms with E-state index in [1.54, 1.807) is 19.1 Å². The van der Waals surface area contributed by atoms with Crippen LogP contribution in [0.3, 0.4) is 0 Å². The topological polar surface area (TPSA) is 70.9 Å². The number of hydrogen-bond donors (Lipinski definition) is 2. The van der Waals surface area contributed by atoms with Crippen molar-refractivity contribution in [1.29, 1.82) is 0 Å². The first-order valence-electron chi connectivity index (χ1n) is 8.29. The number of nitrogens with one attached hydrogen (secondary N) is 1. The molecule has 1 aliphatic rings. The Morgan fingerprint density at radius 3 is 2.72 bits per heavy atom. The maximum absolute atomic E-state index is 13.2. The molecule has 152 valence electrons. The fourth-order valence-corrected chi connectivity index (χ4v) is 3.47. The molecule has 1 amide bonds. The van der Waals surface area contributed by atoms with E-state index < -0.39 is 17.6 Å². The molecule has 2 N–H and O–H groups in total. The summed E-state index contributed by atoms with van der Waals surface area (Å²) in [5, 5.41) is 12.1. The molecule has 0 radical (unpaired) electrons. The summed E-state index contributed by atoms with van der Waals surface area (Å²) < 4.78 is 44.9. The second-order valence-electron chi connectivity index (χ2n) is 5.80. The second kappa shape index (κ2) is 8.38. The lowest BCUT2D eigenvalue weighted by Gasteiger charge is -2.10. The number of carbonyl (C=O) groups is 1. The Balaban J connectivity index is 1.90. The molecule has 0 unspecified atom stereocenters. The minimum absolute atomic E-state index is 0.0119. The third-order valence-electron chi connectivity index (χ3n) is 3.72. The lowest BCUT2D eigenvalue weighted by molar-refractivity contribution is -0.137. The molecular weight excluding hydrogens is 429 g/mol. The van der Waals surface area contributed by atoms with Gasteiger partial charge >= 0.3 is 6.18 Å². The SMILES string of the molecule is CCOc1cc(C=C2SC(=Nc3ccc(Cl)cc3C(F)(F)F)NC2=O)ccc1O. The Hall–Kier alpha value is -2.65. The first kappa shape index (κ1) is 21.1. The van der Waals surface area contributed by atoms with Gasteiger partial charge in [0.05, 0.1) is 22.8 Å². The molecule has 1 fully saturated rings. The number of rotatable bonds is 4. The van der Waals surface area contributed by atoms with Gasteiger partial charge in [-0.1, -0.05) is 17.7 Å². The molecule has 0 aromatic heterocycles. The van der Waals surface area contributed by atoms with Crippen LogP contribution in [0, 0.1) is 0 Å². The van der Waals surface area contributed by atoms with Gasteiger partial charge in [-0.3, -0.25) is 4.79 Å². The zero-order valence-corrected chi connectivity index (χ0v) is 16.5. The van der Waals surface area contributed by atoms with Gasteiger partial charge in [0.1, 0.15) is 0 Å². The van der Waals surface area contributed by atoms with E-state index in [9.17, 15) is 23.1 Å². The molecule has 0 atom stereocenters. The molecule has 0 aliphatic carbocycles. The Morgan fingerprint density at radius 2 is 2.03 bits per heavy atom. The van der Waals surface area contributed by atoms with Gasteiger partial charge in [-0.05, 0) is 60.7 Å². The van der Waals surface area contributed by atoms with Crippen molar-refractivity contribution in [2.75, 3.05) is 6.61 Å². The van der Waals surface area contributed by atoms with Gasteiger partial charge in [0.2, 0.25) is 0 Å². The summed E-state index contributed by atoms with van der Waals surface area (Å²) in [7, 11) is 0. The number of nitrogens with zero attached hydrogens (tertiary/aromatic N) is 1. The van der Waals surface area contributed by atoms with E-state index in [-0.39, 0.29) is 32.3 Å². The molecule has 1 aliphatic heterocycles.